The summed E-state index contributed by atoms with van der Waals surface area (Å²) in [6, 6.07) is 2.07. The Morgan fingerprint density at radius 2 is 1.84 bits per heavy atom. The molecule has 3 unspecified atom stereocenters. The molecule has 4 heteroatoms. The third-order valence-electron chi connectivity index (χ3n) is 9.19. The van der Waals surface area contributed by atoms with E-state index in [0.717, 1.165) is 56.8 Å². The van der Waals surface area contributed by atoms with Gasteiger partial charge in [-0.25, -0.2) is 0 Å². The maximum atomic E-state index is 12.7. The van der Waals surface area contributed by atoms with E-state index in [1.54, 1.807) is 13.0 Å². The van der Waals surface area contributed by atoms with Gasteiger partial charge in [0.25, 0.3) is 0 Å². The van der Waals surface area contributed by atoms with Crippen LogP contribution in [0, 0.1) is 44.8 Å². The number of allylic oxidation sites excluding steroid dienone is 4. The molecule has 0 aliphatic heterocycles. The third kappa shape index (κ3) is 4.16. The van der Waals surface area contributed by atoms with Crippen molar-refractivity contribution in [1.82, 2.24) is 0 Å². The van der Waals surface area contributed by atoms with Crippen LogP contribution in [-0.2, 0) is 14.4 Å². The Balaban J connectivity index is 1.89. The monoisotopic (exact) mass is 437 g/mol. The SMILES string of the molecule is CC(=O)C1(CCC(C)(C)C)CCC(C2(C)CC3CC(=O)C(C#N)=CC3(C)/C2=C/C=O)CC1. The fourth-order valence-electron chi connectivity index (χ4n) is 6.98. The topological polar surface area (TPSA) is 75.0 Å². The molecule has 4 nitrogen and oxygen atoms in total. The molecule has 3 rings (SSSR count). The van der Waals surface area contributed by atoms with Gasteiger partial charge in [0, 0.05) is 17.3 Å². The van der Waals surface area contributed by atoms with Crippen molar-refractivity contribution in [2.24, 2.45) is 33.5 Å². The van der Waals surface area contributed by atoms with Crippen molar-refractivity contribution in [2.75, 3.05) is 0 Å². The lowest BCUT2D eigenvalue weighted by molar-refractivity contribution is -0.130. The highest BCUT2D eigenvalue weighted by atomic mass is 16.1. The number of aldehydes is 1. The summed E-state index contributed by atoms with van der Waals surface area (Å²) < 4.78 is 0. The van der Waals surface area contributed by atoms with Gasteiger partial charge in [0.15, 0.2) is 5.78 Å². The van der Waals surface area contributed by atoms with Crippen molar-refractivity contribution in [3.8, 4) is 6.07 Å². The Morgan fingerprint density at radius 3 is 2.34 bits per heavy atom. The van der Waals surface area contributed by atoms with Crippen LogP contribution in [0.15, 0.2) is 23.3 Å². The molecular formula is C28H39NO3. The van der Waals surface area contributed by atoms with Crippen molar-refractivity contribution in [1.29, 1.82) is 5.26 Å². The Bertz CT molecular complexity index is 904. The standard InChI is InChI=1S/C28H39NO3/c1-19(31)28(13-12-25(2,3)4)10-7-21(8-11-28)27(6)17-22-15-23(32)20(18-29)16-26(22,5)24(27)9-14-30/h9,14,16,21-22H,7-8,10-13,15,17H2,1-6H3/b24-9-. The van der Waals surface area contributed by atoms with Gasteiger partial charge in [-0.15, -0.1) is 0 Å². The molecule has 0 aromatic rings. The van der Waals surface area contributed by atoms with Crippen molar-refractivity contribution >= 4 is 17.9 Å². The second kappa shape index (κ2) is 8.40. The van der Waals surface area contributed by atoms with Crippen LogP contribution in [0.3, 0.4) is 0 Å². The van der Waals surface area contributed by atoms with Gasteiger partial charge in [-0.3, -0.25) is 14.4 Å². The molecule has 32 heavy (non-hydrogen) atoms. The lowest BCUT2D eigenvalue weighted by Crippen LogP contribution is -2.39. The van der Waals surface area contributed by atoms with Gasteiger partial charge in [-0.2, -0.15) is 5.26 Å². The number of ketones is 2. The van der Waals surface area contributed by atoms with Gasteiger partial charge in [-0.05, 0) is 80.6 Å². The van der Waals surface area contributed by atoms with Gasteiger partial charge in [0.2, 0.25) is 0 Å². The van der Waals surface area contributed by atoms with Crippen LogP contribution in [0.25, 0.3) is 0 Å². The number of Topliss-reactive ketones (excluding diaryl/α,β-unsaturated/α-hetero) is 2. The quantitative estimate of drug-likeness (QED) is 0.381. The highest BCUT2D eigenvalue weighted by Gasteiger charge is 2.58. The highest BCUT2D eigenvalue weighted by Crippen LogP contribution is 2.66. The Hall–Kier alpha value is -2.02. The van der Waals surface area contributed by atoms with Crippen LogP contribution in [0.1, 0.15) is 92.9 Å². The highest BCUT2D eigenvalue weighted by molar-refractivity contribution is 6.00. The van der Waals surface area contributed by atoms with Crippen LogP contribution in [-0.4, -0.2) is 17.9 Å². The third-order valence-corrected chi connectivity index (χ3v) is 9.19. The first-order chi connectivity index (χ1) is 14.8. The molecular weight excluding hydrogens is 398 g/mol. The number of carbonyl (C=O) groups excluding carboxylic acids is 3. The summed E-state index contributed by atoms with van der Waals surface area (Å²) in [6.07, 6.45) is 11.3. The van der Waals surface area contributed by atoms with Crippen LogP contribution < -0.4 is 0 Å². The Labute approximate surface area is 193 Å². The minimum atomic E-state index is -0.435. The number of carbonyl (C=O) groups is 3. The molecule has 0 radical (unpaired) electrons. The van der Waals surface area contributed by atoms with E-state index >= 15 is 0 Å². The van der Waals surface area contributed by atoms with E-state index in [1.165, 1.54) is 0 Å². The molecule has 2 fully saturated rings. The van der Waals surface area contributed by atoms with Crippen LogP contribution in [0.4, 0.5) is 0 Å². The van der Waals surface area contributed by atoms with Gasteiger partial charge < -0.3 is 0 Å². The Kier molecular flexibility index (Phi) is 6.46. The Morgan fingerprint density at radius 1 is 1.22 bits per heavy atom. The normalized spacial score (nSPS) is 38.7. The van der Waals surface area contributed by atoms with E-state index in [-0.39, 0.29) is 33.5 Å². The van der Waals surface area contributed by atoms with Crippen molar-refractivity contribution in [3.05, 3.63) is 23.3 Å². The molecule has 0 aromatic carbocycles. The first kappa shape index (κ1) is 24.6. The van der Waals surface area contributed by atoms with Crippen LogP contribution in [0.5, 0.6) is 0 Å². The smallest absolute Gasteiger partial charge is 0.173 e. The van der Waals surface area contributed by atoms with E-state index in [1.807, 2.05) is 6.08 Å². The van der Waals surface area contributed by atoms with Crippen LogP contribution >= 0.6 is 0 Å². The summed E-state index contributed by atoms with van der Waals surface area (Å²) in [5.41, 5.74) is 0.642. The molecule has 0 saturated heterocycles. The summed E-state index contributed by atoms with van der Waals surface area (Å²) in [5.74, 6) is 0.718. The van der Waals surface area contributed by atoms with E-state index in [2.05, 4.69) is 40.7 Å². The van der Waals surface area contributed by atoms with Crippen molar-refractivity contribution in [3.63, 3.8) is 0 Å². The summed E-state index contributed by atoms with van der Waals surface area (Å²) in [4.78, 5) is 36.9. The molecule has 0 heterocycles. The van der Waals surface area contributed by atoms with Gasteiger partial charge in [0.1, 0.15) is 18.1 Å². The number of nitrogens with zero attached hydrogens (tertiary/aromatic N) is 1. The van der Waals surface area contributed by atoms with E-state index in [9.17, 15) is 19.6 Å². The van der Waals surface area contributed by atoms with Crippen LogP contribution in [0.2, 0.25) is 0 Å². The number of fused-ring (bicyclic) bond motifs is 1. The minimum absolute atomic E-state index is 0.0777. The zero-order valence-corrected chi connectivity index (χ0v) is 20.7. The fraction of sp³-hybridized carbons (Fsp3) is 0.714. The van der Waals surface area contributed by atoms with Crippen molar-refractivity contribution < 1.29 is 14.4 Å². The molecule has 2 saturated carbocycles. The molecule has 0 bridgehead atoms. The van der Waals surface area contributed by atoms with Gasteiger partial charge in [-0.1, -0.05) is 46.3 Å². The molecule has 3 aliphatic rings. The van der Waals surface area contributed by atoms with E-state index < -0.39 is 5.41 Å². The summed E-state index contributed by atoms with van der Waals surface area (Å²) in [7, 11) is 0. The zero-order chi connectivity index (χ0) is 23.9. The van der Waals surface area contributed by atoms with Gasteiger partial charge in [0.05, 0.1) is 5.57 Å². The second-order valence-electron chi connectivity index (χ2n) is 12.3. The fourth-order valence-corrected chi connectivity index (χ4v) is 6.98. The molecule has 174 valence electrons. The molecule has 0 amide bonds. The second-order valence-corrected chi connectivity index (χ2v) is 12.3. The molecule has 0 N–H and O–H groups in total. The minimum Gasteiger partial charge on any atom is -0.299 e. The maximum absolute atomic E-state index is 12.7. The van der Waals surface area contributed by atoms with E-state index in [0.29, 0.717) is 18.1 Å². The predicted molar refractivity (Wildman–Crippen MR) is 126 cm³/mol. The lowest BCUT2D eigenvalue weighted by Gasteiger charge is -2.46. The van der Waals surface area contributed by atoms with Gasteiger partial charge >= 0.3 is 0 Å². The maximum Gasteiger partial charge on any atom is 0.173 e. The number of hydrogen-bond acceptors (Lipinski definition) is 4. The van der Waals surface area contributed by atoms with E-state index in [4.69, 9.17) is 0 Å². The molecule has 3 atom stereocenters. The van der Waals surface area contributed by atoms with Crippen molar-refractivity contribution in [2.45, 2.75) is 92.9 Å². The summed E-state index contributed by atoms with van der Waals surface area (Å²) in [5, 5.41) is 9.45. The number of rotatable bonds is 5. The molecule has 0 aromatic heterocycles. The largest absolute Gasteiger partial charge is 0.299 e. The first-order valence-electron chi connectivity index (χ1n) is 12.1. The molecule has 0 spiro atoms. The lowest BCUT2D eigenvalue weighted by atomic mass is 9.57. The zero-order valence-electron chi connectivity index (χ0n) is 20.7. The number of hydrogen-bond donors (Lipinski definition) is 0. The summed E-state index contributed by atoms with van der Waals surface area (Å²) in [6.45, 7) is 12.8. The number of nitriles is 1. The predicted octanol–water partition coefficient (Wildman–Crippen LogP) is 6.16. The summed E-state index contributed by atoms with van der Waals surface area (Å²) >= 11 is 0. The average molecular weight is 438 g/mol. The average Bonchev–Trinajstić information content (AvgIpc) is 2.93. The molecule has 3 aliphatic carbocycles. The first-order valence-corrected chi connectivity index (χ1v) is 12.1.